The van der Waals surface area contributed by atoms with Gasteiger partial charge in [-0.3, -0.25) is 0 Å². The van der Waals surface area contributed by atoms with Crippen LogP contribution < -0.4 is 0 Å². The molecule has 9 heavy (non-hydrogen) atoms. The molecule has 0 aliphatic carbocycles. The largest absolute Gasteiger partial charge is 0.463 e. The van der Waals surface area contributed by atoms with E-state index in [1.54, 1.807) is 18.4 Å². The van der Waals surface area contributed by atoms with E-state index < -0.39 is 0 Å². The van der Waals surface area contributed by atoms with Crippen LogP contribution in [0.3, 0.4) is 0 Å². The van der Waals surface area contributed by atoms with E-state index in [1.165, 1.54) is 0 Å². The third kappa shape index (κ3) is 1.36. The second kappa shape index (κ2) is 2.74. The Balaban J connectivity index is 2.90. The van der Waals surface area contributed by atoms with Gasteiger partial charge in [-0.15, -0.1) is 0 Å². The van der Waals surface area contributed by atoms with Crippen LogP contribution >= 0.6 is 11.6 Å². The molecule has 1 aromatic heterocycles. The first-order chi connectivity index (χ1) is 4.34. The standard InChI is InChI=1S/C7H7ClO/c1-2-6(8)7-4-3-5-9-7/h2-5H,1H3/b6-2+. The number of hydrogen-bond acceptors (Lipinski definition) is 1. The molecule has 1 aromatic rings. The van der Waals surface area contributed by atoms with Gasteiger partial charge in [0.15, 0.2) is 0 Å². The lowest BCUT2D eigenvalue weighted by Crippen LogP contribution is -1.65. The second-order valence-electron chi connectivity index (χ2n) is 1.61. The van der Waals surface area contributed by atoms with Gasteiger partial charge >= 0.3 is 0 Å². The molecule has 0 aliphatic rings. The van der Waals surface area contributed by atoms with Crippen molar-refractivity contribution in [1.82, 2.24) is 0 Å². The van der Waals surface area contributed by atoms with Crippen molar-refractivity contribution in [3.63, 3.8) is 0 Å². The van der Waals surface area contributed by atoms with Gasteiger partial charge in [-0.1, -0.05) is 17.7 Å². The third-order valence-corrected chi connectivity index (χ3v) is 1.41. The van der Waals surface area contributed by atoms with Gasteiger partial charge in [-0.05, 0) is 19.1 Å². The van der Waals surface area contributed by atoms with Gasteiger partial charge in [0.05, 0.1) is 11.3 Å². The number of halogens is 1. The maximum absolute atomic E-state index is 5.70. The first kappa shape index (κ1) is 6.43. The predicted molar refractivity (Wildman–Crippen MR) is 38.2 cm³/mol. The lowest BCUT2D eigenvalue weighted by atomic mass is 10.4. The fraction of sp³-hybridized carbons (Fsp3) is 0.143. The SMILES string of the molecule is C/C=C(/Cl)c1ccco1. The van der Waals surface area contributed by atoms with Crippen LogP contribution in [0.4, 0.5) is 0 Å². The zero-order chi connectivity index (χ0) is 6.69. The quantitative estimate of drug-likeness (QED) is 0.588. The van der Waals surface area contributed by atoms with Gasteiger partial charge in [0.1, 0.15) is 5.76 Å². The molecule has 0 bridgehead atoms. The van der Waals surface area contributed by atoms with E-state index in [2.05, 4.69) is 0 Å². The Morgan fingerprint density at radius 1 is 1.78 bits per heavy atom. The lowest BCUT2D eigenvalue weighted by molar-refractivity contribution is 0.555. The maximum atomic E-state index is 5.70. The maximum Gasteiger partial charge on any atom is 0.144 e. The van der Waals surface area contributed by atoms with E-state index in [4.69, 9.17) is 16.0 Å². The molecular weight excluding hydrogens is 136 g/mol. The van der Waals surface area contributed by atoms with E-state index in [-0.39, 0.29) is 0 Å². The van der Waals surface area contributed by atoms with Crippen LogP contribution in [0, 0.1) is 0 Å². The summed E-state index contributed by atoms with van der Waals surface area (Å²) in [6, 6.07) is 3.63. The zero-order valence-electron chi connectivity index (χ0n) is 5.10. The van der Waals surface area contributed by atoms with Crippen LogP contribution in [0.25, 0.3) is 5.03 Å². The van der Waals surface area contributed by atoms with Crippen molar-refractivity contribution in [2.45, 2.75) is 6.92 Å². The van der Waals surface area contributed by atoms with Crippen LogP contribution in [0.5, 0.6) is 0 Å². The van der Waals surface area contributed by atoms with Crippen LogP contribution in [-0.2, 0) is 0 Å². The Labute approximate surface area is 58.9 Å². The van der Waals surface area contributed by atoms with Crippen LogP contribution in [0.1, 0.15) is 12.7 Å². The molecule has 0 radical (unpaired) electrons. The molecule has 1 rings (SSSR count). The highest BCUT2D eigenvalue weighted by Crippen LogP contribution is 2.17. The molecular formula is C7H7ClO. The van der Waals surface area contributed by atoms with Crippen LogP contribution in [0.2, 0.25) is 0 Å². The molecule has 2 heteroatoms. The van der Waals surface area contributed by atoms with E-state index >= 15 is 0 Å². The summed E-state index contributed by atoms with van der Waals surface area (Å²) in [7, 11) is 0. The third-order valence-electron chi connectivity index (χ3n) is 1.01. The molecule has 0 saturated carbocycles. The summed E-state index contributed by atoms with van der Waals surface area (Å²) >= 11 is 5.70. The molecule has 1 heterocycles. The summed E-state index contributed by atoms with van der Waals surface area (Å²) in [6.45, 7) is 1.87. The molecule has 0 spiro atoms. The van der Waals surface area contributed by atoms with Gasteiger partial charge in [-0.25, -0.2) is 0 Å². The van der Waals surface area contributed by atoms with E-state index in [1.807, 2.05) is 13.0 Å². The summed E-state index contributed by atoms with van der Waals surface area (Å²) < 4.78 is 4.99. The first-order valence-corrected chi connectivity index (χ1v) is 3.08. The van der Waals surface area contributed by atoms with Gasteiger partial charge in [0.2, 0.25) is 0 Å². The van der Waals surface area contributed by atoms with Crippen LogP contribution in [0.15, 0.2) is 28.9 Å². The van der Waals surface area contributed by atoms with Gasteiger partial charge in [0, 0.05) is 0 Å². The summed E-state index contributed by atoms with van der Waals surface area (Å²) in [4.78, 5) is 0. The predicted octanol–water partition coefficient (Wildman–Crippen LogP) is 2.88. The molecule has 0 fully saturated rings. The van der Waals surface area contributed by atoms with E-state index in [0.29, 0.717) is 5.03 Å². The number of allylic oxidation sites excluding steroid dienone is 1. The van der Waals surface area contributed by atoms with Crippen molar-refractivity contribution in [2.24, 2.45) is 0 Å². The fourth-order valence-electron chi connectivity index (χ4n) is 0.557. The van der Waals surface area contributed by atoms with Gasteiger partial charge in [0.25, 0.3) is 0 Å². The zero-order valence-corrected chi connectivity index (χ0v) is 5.85. The normalized spacial score (nSPS) is 12.0. The monoisotopic (exact) mass is 142 g/mol. The molecule has 0 atom stereocenters. The molecule has 1 nitrogen and oxygen atoms in total. The molecule has 48 valence electrons. The Bertz CT molecular complexity index is 199. The van der Waals surface area contributed by atoms with Crippen LogP contribution in [-0.4, -0.2) is 0 Å². The van der Waals surface area contributed by atoms with Crippen molar-refractivity contribution in [2.75, 3.05) is 0 Å². The molecule has 0 aliphatic heterocycles. The fourth-order valence-corrected chi connectivity index (χ4v) is 0.664. The number of hydrogen-bond donors (Lipinski definition) is 0. The van der Waals surface area contributed by atoms with Crippen molar-refractivity contribution < 1.29 is 4.42 Å². The summed E-state index contributed by atoms with van der Waals surface area (Å²) in [5.74, 6) is 0.721. The van der Waals surface area contributed by atoms with Crippen molar-refractivity contribution in [3.8, 4) is 0 Å². The highest BCUT2D eigenvalue weighted by Gasteiger charge is 1.96. The Morgan fingerprint density at radius 3 is 3.00 bits per heavy atom. The molecule has 0 N–H and O–H groups in total. The Morgan fingerprint density at radius 2 is 2.56 bits per heavy atom. The summed E-state index contributed by atoms with van der Waals surface area (Å²) in [5.41, 5.74) is 0. The second-order valence-corrected chi connectivity index (χ2v) is 2.02. The molecule has 0 unspecified atom stereocenters. The molecule has 0 aromatic carbocycles. The van der Waals surface area contributed by atoms with E-state index in [9.17, 15) is 0 Å². The smallest absolute Gasteiger partial charge is 0.144 e. The molecule has 0 saturated heterocycles. The average Bonchev–Trinajstić information content (AvgIpc) is 2.37. The van der Waals surface area contributed by atoms with Gasteiger partial charge in [-0.2, -0.15) is 0 Å². The highest BCUT2D eigenvalue weighted by atomic mass is 35.5. The topological polar surface area (TPSA) is 13.1 Å². The van der Waals surface area contributed by atoms with Crippen molar-refractivity contribution in [3.05, 3.63) is 30.2 Å². The van der Waals surface area contributed by atoms with Crippen molar-refractivity contribution in [1.29, 1.82) is 0 Å². The first-order valence-electron chi connectivity index (χ1n) is 2.70. The Kier molecular flexibility index (Phi) is 1.96. The average molecular weight is 143 g/mol. The molecule has 0 amide bonds. The minimum Gasteiger partial charge on any atom is -0.463 e. The summed E-state index contributed by atoms with van der Waals surface area (Å²) in [6.07, 6.45) is 3.39. The lowest BCUT2D eigenvalue weighted by Gasteiger charge is -1.87. The van der Waals surface area contributed by atoms with Gasteiger partial charge < -0.3 is 4.42 Å². The minimum atomic E-state index is 0.653. The number of rotatable bonds is 1. The minimum absolute atomic E-state index is 0.653. The highest BCUT2D eigenvalue weighted by molar-refractivity contribution is 6.48. The summed E-state index contributed by atoms with van der Waals surface area (Å²) in [5, 5.41) is 0.653. The Hall–Kier alpha value is -0.690. The van der Waals surface area contributed by atoms with Crippen molar-refractivity contribution >= 4 is 16.6 Å². The number of furan rings is 1. The van der Waals surface area contributed by atoms with E-state index in [0.717, 1.165) is 5.76 Å².